The molecule has 25 heavy (non-hydrogen) atoms. The number of hydrogen-bond acceptors (Lipinski definition) is 3. The van der Waals surface area contributed by atoms with Crippen LogP contribution in [0, 0.1) is 0 Å². The smallest absolute Gasteiger partial charge is 0.307 e. The van der Waals surface area contributed by atoms with Crippen molar-refractivity contribution in [2.24, 2.45) is 0 Å². The Morgan fingerprint density at radius 2 is 1.60 bits per heavy atom. The van der Waals surface area contributed by atoms with Crippen molar-refractivity contribution in [1.29, 1.82) is 0 Å². The highest BCUT2D eigenvalue weighted by atomic mass is 16.5. The van der Waals surface area contributed by atoms with Crippen LogP contribution < -0.4 is 0 Å². The fourth-order valence-electron chi connectivity index (χ4n) is 2.76. The lowest BCUT2D eigenvalue weighted by Gasteiger charge is -2.29. The molecule has 1 amide bonds. The van der Waals surface area contributed by atoms with Gasteiger partial charge in [0.25, 0.3) is 0 Å². The van der Waals surface area contributed by atoms with E-state index in [9.17, 15) is 9.59 Å². The maximum Gasteiger partial charge on any atom is 0.307 e. The molecule has 1 unspecified atom stereocenters. The molecule has 0 aliphatic heterocycles. The van der Waals surface area contributed by atoms with E-state index in [1.165, 1.54) is 0 Å². The highest BCUT2D eigenvalue weighted by Crippen LogP contribution is 2.21. The average molecular weight is 339 g/mol. The summed E-state index contributed by atoms with van der Waals surface area (Å²) < 4.78 is 5.00. The Morgan fingerprint density at radius 1 is 1.00 bits per heavy atom. The van der Waals surface area contributed by atoms with Crippen LogP contribution in [0.5, 0.6) is 0 Å². The first-order valence-corrected chi connectivity index (χ1v) is 8.65. The molecule has 0 spiro atoms. The van der Waals surface area contributed by atoms with E-state index >= 15 is 0 Å². The second kappa shape index (κ2) is 9.62. The Balaban J connectivity index is 2.12. The Bertz CT molecular complexity index is 670. The van der Waals surface area contributed by atoms with Crippen LogP contribution in [0.3, 0.4) is 0 Å². The van der Waals surface area contributed by atoms with E-state index < -0.39 is 0 Å². The Hall–Kier alpha value is -2.62. The first-order valence-electron chi connectivity index (χ1n) is 8.65. The topological polar surface area (TPSA) is 46.6 Å². The molecular formula is C21H25NO3. The average Bonchev–Trinajstić information content (AvgIpc) is 2.63. The van der Waals surface area contributed by atoms with Gasteiger partial charge >= 0.3 is 5.97 Å². The molecule has 0 aromatic heterocycles. The standard InChI is InChI=1S/C21H25NO3/c1-3-25-21(24)14-15-22(17(2)19-12-8-5-9-13-19)20(23)16-18-10-6-4-7-11-18/h4-13,17H,3,14-16H2,1-2H3. The van der Waals surface area contributed by atoms with Crippen molar-refractivity contribution in [1.82, 2.24) is 4.90 Å². The lowest BCUT2D eigenvalue weighted by atomic mass is 10.0. The molecule has 2 aromatic carbocycles. The van der Waals surface area contributed by atoms with Gasteiger partial charge < -0.3 is 9.64 Å². The van der Waals surface area contributed by atoms with Gasteiger partial charge in [0, 0.05) is 6.54 Å². The fourth-order valence-corrected chi connectivity index (χ4v) is 2.76. The van der Waals surface area contributed by atoms with Gasteiger partial charge in [0.1, 0.15) is 0 Å². The highest BCUT2D eigenvalue weighted by Gasteiger charge is 2.22. The highest BCUT2D eigenvalue weighted by molar-refractivity contribution is 5.80. The van der Waals surface area contributed by atoms with Crippen LogP contribution in [-0.2, 0) is 20.7 Å². The van der Waals surface area contributed by atoms with Crippen LogP contribution >= 0.6 is 0 Å². The predicted molar refractivity (Wildman–Crippen MR) is 98.0 cm³/mol. The molecule has 2 rings (SSSR count). The minimum atomic E-state index is -0.278. The Kier molecular flexibility index (Phi) is 7.20. The molecular weight excluding hydrogens is 314 g/mol. The monoisotopic (exact) mass is 339 g/mol. The summed E-state index contributed by atoms with van der Waals surface area (Å²) in [5, 5.41) is 0. The SMILES string of the molecule is CCOC(=O)CCN(C(=O)Cc1ccccc1)C(C)c1ccccc1. The van der Waals surface area contributed by atoms with E-state index in [1.54, 1.807) is 11.8 Å². The lowest BCUT2D eigenvalue weighted by molar-refractivity contribution is -0.144. The van der Waals surface area contributed by atoms with Crippen LogP contribution in [0.4, 0.5) is 0 Å². The third kappa shape index (κ3) is 5.75. The van der Waals surface area contributed by atoms with E-state index in [-0.39, 0.29) is 24.3 Å². The molecule has 2 aromatic rings. The summed E-state index contributed by atoms with van der Waals surface area (Å²) in [5.41, 5.74) is 2.02. The summed E-state index contributed by atoms with van der Waals surface area (Å²) in [4.78, 5) is 26.4. The van der Waals surface area contributed by atoms with Crippen LogP contribution in [-0.4, -0.2) is 29.9 Å². The normalized spacial score (nSPS) is 11.6. The van der Waals surface area contributed by atoms with E-state index in [0.29, 0.717) is 19.6 Å². The first kappa shape index (κ1) is 18.7. The largest absolute Gasteiger partial charge is 0.466 e. The number of nitrogens with zero attached hydrogens (tertiary/aromatic N) is 1. The number of benzene rings is 2. The predicted octanol–water partition coefficient (Wildman–Crippen LogP) is 3.77. The molecule has 4 nitrogen and oxygen atoms in total. The summed E-state index contributed by atoms with van der Waals surface area (Å²) >= 11 is 0. The van der Waals surface area contributed by atoms with Gasteiger partial charge in [-0.2, -0.15) is 0 Å². The molecule has 0 radical (unpaired) electrons. The molecule has 0 saturated heterocycles. The molecule has 0 heterocycles. The van der Waals surface area contributed by atoms with Gasteiger partial charge in [0.2, 0.25) is 5.91 Å². The molecule has 0 fully saturated rings. The fraction of sp³-hybridized carbons (Fsp3) is 0.333. The summed E-state index contributed by atoms with van der Waals surface area (Å²) in [5.74, 6) is -0.271. The Labute approximate surface area is 149 Å². The van der Waals surface area contributed by atoms with Crippen molar-refractivity contribution in [3.63, 3.8) is 0 Å². The number of carbonyl (C=O) groups is 2. The minimum Gasteiger partial charge on any atom is -0.466 e. The van der Waals surface area contributed by atoms with Crippen LogP contribution in [0.15, 0.2) is 60.7 Å². The third-order valence-electron chi connectivity index (χ3n) is 4.13. The molecule has 132 valence electrons. The van der Waals surface area contributed by atoms with Crippen molar-refractivity contribution in [2.75, 3.05) is 13.2 Å². The summed E-state index contributed by atoms with van der Waals surface area (Å²) in [7, 11) is 0. The quantitative estimate of drug-likeness (QED) is 0.688. The molecule has 0 bridgehead atoms. The van der Waals surface area contributed by atoms with Crippen molar-refractivity contribution >= 4 is 11.9 Å². The second-order valence-electron chi connectivity index (χ2n) is 5.89. The molecule has 0 saturated carbocycles. The maximum atomic E-state index is 12.9. The van der Waals surface area contributed by atoms with Crippen LogP contribution in [0.25, 0.3) is 0 Å². The second-order valence-corrected chi connectivity index (χ2v) is 5.89. The van der Waals surface area contributed by atoms with Gasteiger partial charge in [-0.25, -0.2) is 0 Å². The molecule has 4 heteroatoms. The third-order valence-corrected chi connectivity index (χ3v) is 4.13. The molecule has 1 atom stereocenters. The molecule has 0 aliphatic rings. The van der Waals surface area contributed by atoms with Crippen molar-refractivity contribution in [3.8, 4) is 0 Å². The maximum absolute atomic E-state index is 12.9. The number of hydrogen-bond donors (Lipinski definition) is 0. The molecule has 0 aliphatic carbocycles. The van der Waals surface area contributed by atoms with E-state index in [0.717, 1.165) is 11.1 Å². The van der Waals surface area contributed by atoms with Crippen LogP contribution in [0.2, 0.25) is 0 Å². The van der Waals surface area contributed by atoms with Gasteiger partial charge in [-0.15, -0.1) is 0 Å². The van der Waals surface area contributed by atoms with Crippen molar-refractivity contribution in [2.45, 2.75) is 32.7 Å². The zero-order valence-electron chi connectivity index (χ0n) is 14.9. The Morgan fingerprint density at radius 3 is 2.20 bits per heavy atom. The number of amides is 1. The van der Waals surface area contributed by atoms with E-state index in [2.05, 4.69) is 0 Å². The van der Waals surface area contributed by atoms with Gasteiger partial charge in [-0.05, 0) is 25.0 Å². The van der Waals surface area contributed by atoms with Gasteiger partial charge in [0.15, 0.2) is 0 Å². The van der Waals surface area contributed by atoms with Crippen LogP contribution in [0.1, 0.15) is 37.4 Å². The summed E-state index contributed by atoms with van der Waals surface area (Å²) in [6.07, 6.45) is 0.520. The number of carbonyl (C=O) groups excluding carboxylic acids is 2. The number of ether oxygens (including phenoxy) is 1. The summed E-state index contributed by atoms with van der Waals surface area (Å²) in [6.45, 7) is 4.47. The summed E-state index contributed by atoms with van der Waals surface area (Å²) in [6, 6.07) is 19.4. The zero-order chi connectivity index (χ0) is 18.1. The first-order chi connectivity index (χ1) is 12.1. The van der Waals surface area contributed by atoms with Gasteiger partial charge in [0.05, 0.1) is 25.5 Å². The minimum absolute atomic E-state index is 0.00634. The van der Waals surface area contributed by atoms with Gasteiger partial charge in [-0.1, -0.05) is 60.7 Å². The van der Waals surface area contributed by atoms with Gasteiger partial charge in [-0.3, -0.25) is 9.59 Å². The number of rotatable bonds is 8. The van der Waals surface area contributed by atoms with E-state index in [4.69, 9.17) is 4.74 Å². The molecule has 0 N–H and O–H groups in total. The van der Waals surface area contributed by atoms with E-state index in [1.807, 2.05) is 67.6 Å². The lowest BCUT2D eigenvalue weighted by Crippen LogP contribution is -2.36. The van der Waals surface area contributed by atoms with Crippen molar-refractivity contribution in [3.05, 3.63) is 71.8 Å². The number of esters is 1. The van der Waals surface area contributed by atoms with Crippen molar-refractivity contribution < 1.29 is 14.3 Å². The zero-order valence-corrected chi connectivity index (χ0v) is 14.9.